The maximum atomic E-state index is 5.75. The number of rotatable bonds is 3. The molecule has 0 unspecified atom stereocenters. The van der Waals surface area contributed by atoms with E-state index in [1.807, 2.05) is 49.1 Å². The quantitative estimate of drug-likeness (QED) is 0.744. The molecule has 4 rings (SSSR count). The molecule has 1 aliphatic rings. The predicted octanol–water partition coefficient (Wildman–Crippen LogP) is 2.33. The molecule has 0 saturated heterocycles. The highest BCUT2D eigenvalue weighted by Crippen LogP contribution is 2.22. The smallest absolute Gasteiger partial charge is 0.159 e. The molecule has 0 fully saturated rings. The molecule has 0 saturated carbocycles. The minimum atomic E-state index is 0.753. The lowest BCUT2D eigenvalue weighted by molar-refractivity contribution is 0.236. The summed E-state index contributed by atoms with van der Waals surface area (Å²) >= 11 is 0. The van der Waals surface area contributed by atoms with Crippen LogP contribution < -0.4 is 5.73 Å². The number of benzene rings is 1. The van der Waals surface area contributed by atoms with Gasteiger partial charge in [0.2, 0.25) is 0 Å². The van der Waals surface area contributed by atoms with Gasteiger partial charge in [-0.1, -0.05) is 0 Å². The van der Waals surface area contributed by atoms with E-state index in [9.17, 15) is 0 Å². The number of aromatic nitrogens is 4. The van der Waals surface area contributed by atoms with Crippen molar-refractivity contribution in [2.24, 2.45) is 7.05 Å². The molecule has 2 N–H and O–H groups in total. The Labute approximate surface area is 147 Å². The van der Waals surface area contributed by atoms with Crippen LogP contribution in [0.3, 0.4) is 0 Å². The Bertz CT molecular complexity index is 897. The second-order valence-electron chi connectivity index (χ2n) is 6.65. The maximum absolute atomic E-state index is 5.75. The van der Waals surface area contributed by atoms with Crippen molar-refractivity contribution in [3.8, 4) is 11.4 Å². The molecule has 0 bridgehead atoms. The summed E-state index contributed by atoms with van der Waals surface area (Å²) in [5, 5.41) is 4.43. The van der Waals surface area contributed by atoms with E-state index in [0.29, 0.717) is 0 Å². The topological polar surface area (TPSA) is 72.9 Å². The molecule has 0 spiro atoms. The van der Waals surface area contributed by atoms with Crippen LogP contribution in [-0.2, 0) is 26.6 Å². The summed E-state index contributed by atoms with van der Waals surface area (Å²) in [6, 6.07) is 9.86. The Morgan fingerprint density at radius 1 is 1.20 bits per heavy atom. The van der Waals surface area contributed by atoms with E-state index < -0.39 is 0 Å². The number of nitrogens with two attached hydrogens (primary N) is 1. The summed E-state index contributed by atoms with van der Waals surface area (Å²) < 4.78 is 1.96. The van der Waals surface area contributed by atoms with Crippen LogP contribution in [0.25, 0.3) is 11.4 Å². The maximum Gasteiger partial charge on any atom is 0.159 e. The Morgan fingerprint density at radius 3 is 2.72 bits per heavy atom. The first kappa shape index (κ1) is 15.8. The van der Waals surface area contributed by atoms with Crippen molar-refractivity contribution >= 4 is 5.69 Å². The summed E-state index contributed by atoms with van der Waals surface area (Å²) in [5.41, 5.74) is 12.2. The van der Waals surface area contributed by atoms with Gasteiger partial charge in [0.15, 0.2) is 5.82 Å². The monoisotopic (exact) mass is 334 g/mol. The predicted molar refractivity (Wildman–Crippen MR) is 97.6 cm³/mol. The molecule has 3 heterocycles. The van der Waals surface area contributed by atoms with Crippen LogP contribution in [0, 0.1) is 6.92 Å². The van der Waals surface area contributed by atoms with Crippen LogP contribution in [0.4, 0.5) is 5.69 Å². The zero-order chi connectivity index (χ0) is 17.4. The zero-order valence-electron chi connectivity index (χ0n) is 14.6. The van der Waals surface area contributed by atoms with Gasteiger partial charge in [0.1, 0.15) is 0 Å². The second-order valence-corrected chi connectivity index (χ2v) is 6.65. The van der Waals surface area contributed by atoms with Gasteiger partial charge in [-0.3, -0.25) is 9.58 Å². The van der Waals surface area contributed by atoms with E-state index >= 15 is 0 Å². The standard InChI is InChI=1S/C19H22N6/c1-13-9-17(24(2)23-13)12-25-8-7-18-15(11-25)10-21-19(22-18)14-3-5-16(20)6-4-14/h3-6,9-10H,7-8,11-12,20H2,1-2H3. The Hall–Kier alpha value is -2.73. The molecule has 6 heteroatoms. The van der Waals surface area contributed by atoms with Crippen molar-refractivity contribution in [1.82, 2.24) is 24.6 Å². The third-order valence-corrected chi connectivity index (χ3v) is 4.67. The Balaban J connectivity index is 1.52. The Morgan fingerprint density at radius 2 is 2.00 bits per heavy atom. The first-order chi connectivity index (χ1) is 12.1. The number of nitrogen functional groups attached to an aromatic ring is 1. The molecule has 128 valence electrons. The van der Waals surface area contributed by atoms with E-state index in [1.165, 1.54) is 11.3 Å². The number of anilines is 1. The summed E-state index contributed by atoms with van der Waals surface area (Å²) in [6.45, 7) is 4.80. The van der Waals surface area contributed by atoms with Crippen molar-refractivity contribution in [2.45, 2.75) is 26.4 Å². The number of fused-ring (bicyclic) bond motifs is 1. The van der Waals surface area contributed by atoms with Crippen LogP contribution in [0.15, 0.2) is 36.5 Å². The summed E-state index contributed by atoms with van der Waals surface area (Å²) in [4.78, 5) is 11.8. The fourth-order valence-corrected chi connectivity index (χ4v) is 3.32. The van der Waals surface area contributed by atoms with Gasteiger partial charge in [0.25, 0.3) is 0 Å². The van der Waals surface area contributed by atoms with Gasteiger partial charge >= 0.3 is 0 Å². The van der Waals surface area contributed by atoms with Crippen molar-refractivity contribution in [1.29, 1.82) is 0 Å². The van der Waals surface area contributed by atoms with Gasteiger partial charge in [-0.25, -0.2) is 9.97 Å². The van der Waals surface area contributed by atoms with Gasteiger partial charge in [-0.2, -0.15) is 5.10 Å². The molecule has 0 atom stereocenters. The highest BCUT2D eigenvalue weighted by molar-refractivity contribution is 5.58. The number of hydrogen-bond donors (Lipinski definition) is 1. The highest BCUT2D eigenvalue weighted by atomic mass is 15.3. The number of hydrogen-bond acceptors (Lipinski definition) is 5. The fourth-order valence-electron chi connectivity index (χ4n) is 3.32. The largest absolute Gasteiger partial charge is 0.399 e. The molecule has 0 aliphatic carbocycles. The zero-order valence-corrected chi connectivity index (χ0v) is 14.6. The van der Waals surface area contributed by atoms with Crippen molar-refractivity contribution in [3.63, 3.8) is 0 Å². The van der Waals surface area contributed by atoms with E-state index in [0.717, 1.165) is 54.5 Å². The molecule has 25 heavy (non-hydrogen) atoms. The molecule has 1 aromatic carbocycles. The third kappa shape index (κ3) is 3.25. The van der Waals surface area contributed by atoms with Crippen LogP contribution in [0.2, 0.25) is 0 Å². The average Bonchev–Trinajstić information content (AvgIpc) is 2.92. The second kappa shape index (κ2) is 6.29. The van der Waals surface area contributed by atoms with E-state index in [-0.39, 0.29) is 0 Å². The van der Waals surface area contributed by atoms with Crippen molar-refractivity contribution < 1.29 is 0 Å². The third-order valence-electron chi connectivity index (χ3n) is 4.67. The van der Waals surface area contributed by atoms with Crippen molar-refractivity contribution in [2.75, 3.05) is 12.3 Å². The van der Waals surface area contributed by atoms with Crippen molar-refractivity contribution in [3.05, 3.63) is 59.2 Å². The minimum absolute atomic E-state index is 0.753. The lowest BCUT2D eigenvalue weighted by atomic mass is 10.1. The average molecular weight is 334 g/mol. The van der Waals surface area contributed by atoms with Crippen LogP contribution >= 0.6 is 0 Å². The van der Waals surface area contributed by atoms with Crippen LogP contribution in [-0.4, -0.2) is 31.2 Å². The molecule has 0 radical (unpaired) electrons. The first-order valence-corrected chi connectivity index (χ1v) is 8.51. The van der Waals surface area contributed by atoms with Gasteiger partial charge in [0, 0.05) is 56.1 Å². The molecule has 2 aromatic heterocycles. The summed E-state index contributed by atoms with van der Waals surface area (Å²) in [6.07, 6.45) is 2.91. The van der Waals surface area contributed by atoms with E-state index in [4.69, 9.17) is 10.7 Å². The number of nitrogens with zero attached hydrogens (tertiary/aromatic N) is 5. The van der Waals surface area contributed by atoms with Gasteiger partial charge in [-0.05, 0) is 37.3 Å². The van der Waals surface area contributed by atoms with E-state index in [2.05, 4.69) is 21.0 Å². The Kier molecular flexibility index (Phi) is 3.97. The molecular weight excluding hydrogens is 312 g/mol. The molecule has 0 amide bonds. The normalized spacial score (nSPS) is 14.5. The van der Waals surface area contributed by atoms with Gasteiger partial charge < -0.3 is 5.73 Å². The highest BCUT2D eigenvalue weighted by Gasteiger charge is 2.20. The first-order valence-electron chi connectivity index (χ1n) is 8.51. The van der Waals surface area contributed by atoms with Crippen LogP contribution in [0.5, 0.6) is 0 Å². The van der Waals surface area contributed by atoms with Crippen LogP contribution in [0.1, 0.15) is 22.6 Å². The number of aryl methyl sites for hydroxylation is 2. The molecule has 6 nitrogen and oxygen atoms in total. The molecule has 3 aromatic rings. The lowest BCUT2D eigenvalue weighted by Gasteiger charge is -2.27. The SMILES string of the molecule is Cc1cc(CN2CCc3nc(-c4ccc(N)cc4)ncc3C2)n(C)n1. The fraction of sp³-hybridized carbons (Fsp3) is 0.316. The summed E-state index contributed by atoms with van der Waals surface area (Å²) in [5.74, 6) is 0.773. The molecule has 1 aliphatic heterocycles. The van der Waals surface area contributed by atoms with E-state index in [1.54, 1.807) is 0 Å². The van der Waals surface area contributed by atoms with Gasteiger partial charge in [-0.15, -0.1) is 0 Å². The molecular formula is C19H22N6. The lowest BCUT2D eigenvalue weighted by Crippen LogP contribution is -2.31. The summed E-state index contributed by atoms with van der Waals surface area (Å²) in [7, 11) is 2.00. The van der Waals surface area contributed by atoms with Gasteiger partial charge in [0.05, 0.1) is 17.1 Å². The minimum Gasteiger partial charge on any atom is -0.399 e.